The van der Waals surface area contributed by atoms with Crippen LogP contribution < -0.4 is 0 Å². The van der Waals surface area contributed by atoms with Crippen molar-refractivity contribution in [1.82, 2.24) is 4.90 Å². The van der Waals surface area contributed by atoms with Crippen LogP contribution in [0.1, 0.15) is 30.7 Å². The SMILES string of the molecule is CCC(C)(OC)C(=O)N(C)Cc1cc(/C=C/C(=O)O)cs1. The lowest BCUT2D eigenvalue weighted by Gasteiger charge is -2.30. The number of likely N-dealkylation sites (N-methyl/N-ethyl adjacent to an activating group) is 1. The highest BCUT2D eigenvalue weighted by molar-refractivity contribution is 7.10. The first kappa shape index (κ1) is 17.4. The van der Waals surface area contributed by atoms with Gasteiger partial charge in [-0.3, -0.25) is 4.79 Å². The molecule has 1 N–H and O–H groups in total. The number of rotatable bonds is 7. The Hall–Kier alpha value is -1.66. The number of methoxy groups -OCH3 is 1. The lowest BCUT2D eigenvalue weighted by Crippen LogP contribution is -2.46. The molecule has 1 amide bonds. The Kier molecular flexibility index (Phi) is 6.11. The predicted molar refractivity (Wildman–Crippen MR) is 83.2 cm³/mol. The van der Waals surface area contributed by atoms with Crippen molar-refractivity contribution in [3.05, 3.63) is 28.0 Å². The number of amides is 1. The Morgan fingerprint density at radius 2 is 2.19 bits per heavy atom. The number of carboxylic acid groups (broad SMARTS) is 1. The monoisotopic (exact) mass is 311 g/mol. The molecule has 0 spiro atoms. The molecule has 0 aromatic carbocycles. The van der Waals surface area contributed by atoms with Gasteiger partial charge in [0, 0.05) is 25.1 Å². The number of hydrogen-bond acceptors (Lipinski definition) is 4. The van der Waals surface area contributed by atoms with Gasteiger partial charge in [-0.1, -0.05) is 6.92 Å². The molecule has 0 radical (unpaired) electrons. The molecule has 0 aliphatic rings. The van der Waals surface area contributed by atoms with Crippen LogP contribution in [0.2, 0.25) is 0 Å². The first-order chi connectivity index (χ1) is 9.82. The van der Waals surface area contributed by atoms with E-state index in [0.29, 0.717) is 13.0 Å². The van der Waals surface area contributed by atoms with Crippen molar-refractivity contribution in [2.45, 2.75) is 32.4 Å². The van der Waals surface area contributed by atoms with Crippen LogP contribution in [-0.2, 0) is 20.9 Å². The maximum Gasteiger partial charge on any atom is 0.328 e. The molecular formula is C15H21NO4S. The highest BCUT2D eigenvalue weighted by atomic mass is 32.1. The summed E-state index contributed by atoms with van der Waals surface area (Å²) in [5, 5.41) is 10.5. The summed E-state index contributed by atoms with van der Waals surface area (Å²) in [6.07, 6.45) is 3.24. The molecule has 1 atom stereocenters. The fourth-order valence-corrected chi connectivity index (χ4v) is 2.73. The topological polar surface area (TPSA) is 66.8 Å². The molecule has 1 heterocycles. The number of thiophene rings is 1. The van der Waals surface area contributed by atoms with Crippen molar-refractivity contribution >= 4 is 29.3 Å². The standard InChI is InChI=1S/C15H21NO4S/c1-5-15(2,20-4)14(19)16(3)9-12-8-11(10-21-12)6-7-13(17)18/h6-8,10H,5,9H2,1-4H3,(H,17,18)/b7-6+. The number of ether oxygens (including phenoxy) is 1. The average Bonchev–Trinajstić information content (AvgIpc) is 2.90. The van der Waals surface area contributed by atoms with Crippen LogP contribution in [0.25, 0.3) is 6.08 Å². The molecule has 116 valence electrons. The molecule has 6 heteroatoms. The van der Waals surface area contributed by atoms with Gasteiger partial charge >= 0.3 is 5.97 Å². The zero-order valence-corrected chi connectivity index (χ0v) is 13.6. The summed E-state index contributed by atoms with van der Waals surface area (Å²) in [6, 6.07) is 1.88. The first-order valence-corrected chi connectivity index (χ1v) is 7.49. The smallest absolute Gasteiger partial charge is 0.328 e. The Bertz CT molecular complexity index is 532. The maximum atomic E-state index is 12.4. The molecule has 1 aromatic rings. The second-order valence-corrected chi connectivity index (χ2v) is 5.96. The third-order valence-corrected chi connectivity index (χ3v) is 4.35. The molecule has 0 saturated heterocycles. The molecule has 5 nitrogen and oxygen atoms in total. The minimum atomic E-state index is -0.978. The third-order valence-electron chi connectivity index (χ3n) is 3.41. The Morgan fingerprint density at radius 1 is 1.52 bits per heavy atom. The molecule has 0 aliphatic carbocycles. The highest BCUT2D eigenvalue weighted by Crippen LogP contribution is 2.21. The highest BCUT2D eigenvalue weighted by Gasteiger charge is 2.33. The van der Waals surface area contributed by atoms with Crippen molar-refractivity contribution in [3.63, 3.8) is 0 Å². The minimum absolute atomic E-state index is 0.0662. The Balaban J connectivity index is 2.73. The summed E-state index contributed by atoms with van der Waals surface area (Å²) in [5.41, 5.74) is 0.0150. The van der Waals surface area contributed by atoms with E-state index in [1.165, 1.54) is 24.5 Å². The molecule has 1 rings (SSSR count). The normalized spacial score (nSPS) is 14.1. The zero-order chi connectivity index (χ0) is 16.0. The van der Waals surface area contributed by atoms with Crippen molar-refractivity contribution in [1.29, 1.82) is 0 Å². The predicted octanol–water partition coefficient (Wildman–Crippen LogP) is 2.62. The number of carbonyl (C=O) groups is 2. The Morgan fingerprint density at radius 3 is 2.71 bits per heavy atom. The minimum Gasteiger partial charge on any atom is -0.478 e. The third kappa shape index (κ3) is 4.68. The van der Waals surface area contributed by atoms with Crippen LogP contribution in [-0.4, -0.2) is 41.6 Å². The average molecular weight is 311 g/mol. The van der Waals surface area contributed by atoms with Crippen LogP contribution >= 0.6 is 11.3 Å². The van der Waals surface area contributed by atoms with Gasteiger partial charge in [0.2, 0.25) is 0 Å². The van der Waals surface area contributed by atoms with Crippen molar-refractivity contribution in [2.75, 3.05) is 14.2 Å². The maximum absolute atomic E-state index is 12.4. The fourth-order valence-electron chi connectivity index (χ4n) is 1.83. The van der Waals surface area contributed by atoms with E-state index in [9.17, 15) is 9.59 Å². The lowest BCUT2D eigenvalue weighted by atomic mass is 10.0. The number of carbonyl (C=O) groups excluding carboxylic acids is 1. The molecule has 0 aliphatic heterocycles. The van der Waals surface area contributed by atoms with Crippen LogP contribution in [0, 0.1) is 0 Å². The van der Waals surface area contributed by atoms with E-state index in [4.69, 9.17) is 9.84 Å². The van der Waals surface area contributed by atoms with Crippen LogP contribution in [0.15, 0.2) is 17.5 Å². The molecule has 1 aromatic heterocycles. The van der Waals surface area contributed by atoms with Gasteiger partial charge in [-0.15, -0.1) is 11.3 Å². The van der Waals surface area contributed by atoms with E-state index in [-0.39, 0.29) is 5.91 Å². The van der Waals surface area contributed by atoms with Crippen LogP contribution in [0.3, 0.4) is 0 Å². The molecular weight excluding hydrogens is 290 g/mol. The van der Waals surface area contributed by atoms with Crippen molar-refractivity contribution in [2.24, 2.45) is 0 Å². The van der Waals surface area contributed by atoms with E-state index >= 15 is 0 Å². The van der Waals surface area contributed by atoms with Gasteiger partial charge in [-0.25, -0.2) is 4.79 Å². The van der Waals surface area contributed by atoms with Gasteiger partial charge in [0.15, 0.2) is 0 Å². The molecule has 0 fully saturated rings. The number of nitrogens with zero attached hydrogens (tertiary/aromatic N) is 1. The van der Waals surface area contributed by atoms with Gasteiger partial charge in [0.05, 0.1) is 6.54 Å². The van der Waals surface area contributed by atoms with Crippen molar-refractivity contribution < 1.29 is 19.4 Å². The summed E-state index contributed by atoms with van der Waals surface area (Å²) in [4.78, 5) is 25.5. The second kappa shape index (κ2) is 7.38. The summed E-state index contributed by atoms with van der Waals surface area (Å²) in [5.74, 6) is -1.04. The summed E-state index contributed by atoms with van der Waals surface area (Å²) < 4.78 is 5.31. The van der Waals surface area contributed by atoms with Crippen LogP contribution in [0.4, 0.5) is 0 Å². The molecule has 21 heavy (non-hydrogen) atoms. The van der Waals surface area contributed by atoms with Crippen molar-refractivity contribution in [3.8, 4) is 0 Å². The summed E-state index contributed by atoms with van der Waals surface area (Å²) in [7, 11) is 3.27. The van der Waals surface area contributed by atoms with E-state index in [1.807, 2.05) is 18.4 Å². The second-order valence-electron chi connectivity index (χ2n) is 4.97. The largest absolute Gasteiger partial charge is 0.478 e. The quantitative estimate of drug-likeness (QED) is 0.786. The first-order valence-electron chi connectivity index (χ1n) is 6.61. The number of carboxylic acids is 1. The van der Waals surface area contributed by atoms with E-state index in [2.05, 4.69) is 0 Å². The van der Waals surface area contributed by atoms with Crippen LogP contribution in [0.5, 0.6) is 0 Å². The van der Waals surface area contributed by atoms with Gasteiger partial charge in [0.25, 0.3) is 5.91 Å². The number of aliphatic carboxylic acids is 1. The van der Waals surface area contributed by atoms with E-state index < -0.39 is 11.6 Å². The Labute approximate surface area is 128 Å². The molecule has 0 saturated carbocycles. The van der Waals surface area contributed by atoms with E-state index in [1.54, 1.807) is 18.9 Å². The number of hydrogen-bond donors (Lipinski definition) is 1. The lowest BCUT2D eigenvalue weighted by molar-refractivity contribution is -0.152. The molecule has 1 unspecified atom stereocenters. The van der Waals surface area contributed by atoms with Gasteiger partial charge < -0.3 is 14.7 Å². The van der Waals surface area contributed by atoms with Gasteiger partial charge in [-0.05, 0) is 36.4 Å². The van der Waals surface area contributed by atoms with Gasteiger partial charge in [0.1, 0.15) is 5.60 Å². The van der Waals surface area contributed by atoms with E-state index in [0.717, 1.165) is 16.5 Å². The van der Waals surface area contributed by atoms with Gasteiger partial charge in [-0.2, -0.15) is 0 Å². The zero-order valence-electron chi connectivity index (χ0n) is 12.8. The molecule has 0 bridgehead atoms. The summed E-state index contributed by atoms with van der Waals surface area (Å²) >= 11 is 1.49. The summed E-state index contributed by atoms with van der Waals surface area (Å²) in [6.45, 7) is 4.17. The fraction of sp³-hybridized carbons (Fsp3) is 0.467.